The third-order valence-corrected chi connectivity index (χ3v) is 3.77. The third kappa shape index (κ3) is 2.77. The number of nitrogens with one attached hydrogen (secondary N) is 2. The van der Waals surface area contributed by atoms with Crippen LogP contribution in [0.4, 0.5) is 5.69 Å². The van der Waals surface area contributed by atoms with E-state index in [0.717, 1.165) is 27.2 Å². The summed E-state index contributed by atoms with van der Waals surface area (Å²) in [5.74, 6) is 0. The lowest BCUT2D eigenvalue weighted by molar-refractivity contribution is 1.16. The van der Waals surface area contributed by atoms with Crippen LogP contribution in [0.15, 0.2) is 53.1 Å². The van der Waals surface area contributed by atoms with Crippen molar-refractivity contribution in [1.82, 2.24) is 4.98 Å². The van der Waals surface area contributed by atoms with E-state index >= 15 is 0 Å². The molecule has 0 fully saturated rings. The van der Waals surface area contributed by atoms with Crippen LogP contribution in [0.5, 0.6) is 0 Å². The minimum atomic E-state index is 0.751. The number of anilines is 1. The van der Waals surface area contributed by atoms with Gasteiger partial charge in [-0.15, -0.1) is 0 Å². The van der Waals surface area contributed by atoms with Gasteiger partial charge in [-0.25, -0.2) is 0 Å². The summed E-state index contributed by atoms with van der Waals surface area (Å²) in [4.78, 5) is 3.24. The molecule has 3 rings (SSSR count). The standard InChI is InChI=1S/C15H12BrClN2/c16-11-2-1-3-13(6-11)18-8-10-9-19-15-7-12(17)4-5-14(10)15/h1-7,9,18-19H,8H2. The Labute approximate surface area is 124 Å². The zero-order chi connectivity index (χ0) is 13.2. The Morgan fingerprint density at radius 2 is 2.05 bits per heavy atom. The number of fused-ring (bicyclic) bond motifs is 1. The van der Waals surface area contributed by atoms with Crippen molar-refractivity contribution in [1.29, 1.82) is 0 Å². The number of hydrogen-bond donors (Lipinski definition) is 2. The van der Waals surface area contributed by atoms with Crippen LogP contribution in [-0.4, -0.2) is 4.98 Å². The molecular formula is C15H12BrClN2. The van der Waals surface area contributed by atoms with E-state index in [1.165, 1.54) is 10.9 Å². The van der Waals surface area contributed by atoms with Crippen LogP contribution in [0, 0.1) is 0 Å². The summed E-state index contributed by atoms with van der Waals surface area (Å²) < 4.78 is 1.07. The van der Waals surface area contributed by atoms with Crippen LogP contribution in [-0.2, 0) is 6.54 Å². The van der Waals surface area contributed by atoms with E-state index in [1.54, 1.807) is 0 Å². The molecule has 1 heterocycles. The Morgan fingerprint density at radius 1 is 1.16 bits per heavy atom. The molecule has 19 heavy (non-hydrogen) atoms. The molecule has 96 valence electrons. The Balaban J connectivity index is 1.82. The maximum Gasteiger partial charge on any atom is 0.0472 e. The Kier molecular flexibility index (Phi) is 3.49. The van der Waals surface area contributed by atoms with Gasteiger partial charge in [0.1, 0.15) is 0 Å². The molecule has 0 atom stereocenters. The summed E-state index contributed by atoms with van der Waals surface area (Å²) in [6.07, 6.45) is 2.02. The Bertz CT molecular complexity index is 721. The topological polar surface area (TPSA) is 27.8 Å². The molecule has 0 saturated carbocycles. The lowest BCUT2D eigenvalue weighted by Crippen LogP contribution is -1.98. The largest absolute Gasteiger partial charge is 0.381 e. The number of benzene rings is 2. The predicted molar refractivity (Wildman–Crippen MR) is 84.8 cm³/mol. The molecule has 0 aliphatic heterocycles. The fourth-order valence-corrected chi connectivity index (χ4v) is 2.67. The third-order valence-electron chi connectivity index (χ3n) is 3.04. The van der Waals surface area contributed by atoms with Crippen LogP contribution >= 0.6 is 27.5 Å². The highest BCUT2D eigenvalue weighted by atomic mass is 79.9. The summed E-state index contributed by atoms with van der Waals surface area (Å²) >= 11 is 9.45. The second-order valence-corrected chi connectivity index (χ2v) is 5.72. The van der Waals surface area contributed by atoms with Crippen molar-refractivity contribution in [3.05, 3.63) is 63.7 Å². The fraction of sp³-hybridized carbons (Fsp3) is 0.0667. The van der Waals surface area contributed by atoms with Gasteiger partial charge in [0.15, 0.2) is 0 Å². The summed E-state index contributed by atoms with van der Waals surface area (Å²) in [7, 11) is 0. The molecule has 4 heteroatoms. The molecule has 0 spiro atoms. The minimum Gasteiger partial charge on any atom is -0.381 e. The normalized spacial score (nSPS) is 10.8. The van der Waals surface area contributed by atoms with Gasteiger partial charge in [-0.1, -0.05) is 39.7 Å². The van der Waals surface area contributed by atoms with Crippen LogP contribution in [0.2, 0.25) is 5.02 Å². The molecule has 1 aromatic heterocycles. The molecule has 0 aliphatic rings. The monoisotopic (exact) mass is 334 g/mol. The van der Waals surface area contributed by atoms with Crippen molar-refractivity contribution in [2.24, 2.45) is 0 Å². The molecule has 0 unspecified atom stereocenters. The molecule has 0 saturated heterocycles. The number of hydrogen-bond acceptors (Lipinski definition) is 1. The predicted octanol–water partition coefficient (Wildman–Crippen LogP) is 5.20. The maximum atomic E-state index is 5.98. The van der Waals surface area contributed by atoms with Crippen molar-refractivity contribution >= 4 is 44.1 Å². The number of rotatable bonds is 3. The van der Waals surface area contributed by atoms with Crippen molar-refractivity contribution in [2.75, 3.05) is 5.32 Å². The molecule has 2 nitrogen and oxygen atoms in total. The van der Waals surface area contributed by atoms with E-state index < -0.39 is 0 Å². The van der Waals surface area contributed by atoms with Crippen LogP contribution in [0.25, 0.3) is 10.9 Å². The smallest absolute Gasteiger partial charge is 0.0472 e. The van der Waals surface area contributed by atoms with Gasteiger partial charge in [0.25, 0.3) is 0 Å². The highest BCUT2D eigenvalue weighted by Gasteiger charge is 2.04. The molecule has 0 amide bonds. The lowest BCUT2D eigenvalue weighted by atomic mass is 10.2. The summed E-state index contributed by atoms with van der Waals surface area (Å²) in [6, 6.07) is 14.0. The van der Waals surface area contributed by atoms with Crippen molar-refractivity contribution in [3.63, 3.8) is 0 Å². The van der Waals surface area contributed by atoms with E-state index in [9.17, 15) is 0 Å². The molecule has 2 N–H and O–H groups in total. The van der Waals surface area contributed by atoms with E-state index in [-0.39, 0.29) is 0 Å². The Morgan fingerprint density at radius 3 is 2.89 bits per heavy atom. The van der Waals surface area contributed by atoms with Crippen molar-refractivity contribution in [2.45, 2.75) is 6.54 Å². The zero-order valence-corrected chi connectivity index (χ0v) is 12.4. The Hall–Kier alpha value is -1.45. The molecular weight excluding hydrogens is 324 g/mol. The lowest BCUT2D eigenvalue weighted by Gasteiger charge is -2.06. The van der Waals surface area contributed by atoms with Gasteiger partial charge in [0.2, 0.25) is 0 Å². The quantitative estimate of drug-likeness (QED) is 0.677. The molecule has 0 radical (unpaired) electrons. The molecule has 0 aliphatic carbocycles. The van der Waals surface area contributed by atoms with Gasteiger partial charge in [-0.2, -0.15) is 0 Å². The molecule has 3 aromatic rings. The van der Waals surface area contributed by atoms with E-state index in [2.05, 4.69) is 38.4 Å². The van der Waals surface area contributed by atoms with E-state index in [0.29, 0.717) is 0 Å². The van der Waals surface area contributed by atoms with Gasteiger partial charge in [0, 0.05) is 38.8 Å². The summed E-state index contributed by atoms with van der Waals surface area (Å²) in [5.41, 5.74) is 3.39. The van der Waals surface area contributed by atoms with Crippen LogP contribution < -0.4 is 5.32 Å². The fourth-order valence-electron chi connectivity index (χ4n) is 2.10. The second-order valence-electron chi connectivity index (χ2n) is 4.37. The first kappa shape index (κ1) is 12.6. The van der Waals surface area contributed by atoms with Crippen molar-refractivity contribution < 1.29 is 0 Å². The second kappa shape index (κ2) is 5.27. The van der Waals surface area contributed by atoms with Gasteiger partial charge < -0.3 is 10.3 Å². The number of aromatic nitrogens is 1. The van der Waals surface area contributed by atoms with Gasteiger partial charge in [-0.05, 0) is 35.9 Å². The van der Waals surface area contributed by atoms with Crippen LogP contribution in [0.1, 0.15) is 5.56 Å². The molecule has 0 bridgehead atoms. The zero-order valence-electron chi connectivity index (χ0n) is 10.1. The summed E-state index contributed by atoms with van der Waals surface area (Å²) in [5, 5.41) is 5.36. The van der Waals surface area contributed by atoms with E-state index in [4.69, 9.17) is 11.6 Å². The first-order valence-electron chi connectivity index (χ1n) is 5.97. The highest BCUT2D eigenvalue weighted by Crippen LogP contribution is 2.23. The molecule has 2 aromatic carbocycles. The highest BCUT2D eigenvalue weighted by molar-refractivity contribution is 9.10. The number of H-pyrrole nitrogens is 1. The van der Waals surface area contributed by atoms with Gasteiger partial charge in [0.05, 0.1) is 0 Å². The first-order chi connectivity index (χ1) is 9.22. The summed E-state index contributed by atoms with van der Waals surface area (Å²) in [6.45, 7) is 0.776. The first-order valence-corrected chi connectivity index (χ1v) is 7.14. The average Bonchev–Trinajstić information content (AvgIpc) is 2.78. The van der Waals surface area contributed by atoms with E-state index in [1.807, 2.05) is 36.5 Å². The average molecular weight is 336 g/mol. The van der Waals surface area contributed by atoms with Crippen molar-refractivity contribution in [3.8, 4) is 0 Å². The minimum absolute atomic E-state index is 0.751. The SMILES string of the molecule is Clc1ccc2c(CNc3cccc(Br)c3)c[nH]c2c1. The van der Waals surface area contributed by atoms with Crippen LogP contribution in [0.3, 0.4) is 0 Å². The maximum absolute atomic E-state index is 5.98. The number of aromatic amines is 1. The van der Waals surface area contributed by atoms with Gasteiger partial charge in [-0.3, -0.25) is 0 Å². The van der Waals surface area contributed by atoms with Gasteiger partial charge >= 0.3 is 0 Å². The number of halogens is 2.